The molecule has 0 unspecified atom stereocenters. The van der Waals surface area contributed by atoms with Gasteiger partial charge in [-0.1, -0.05) is 16.8 Å². The van der Waals surface area contributed by atoms with Crippen LogP contribution in [-0.2, 0) is 15.9 Å². The quantitative estimate of drug-likeness (QED) is 0.368. The maximum Gasteiger partial charge on any atom is 0.228 e. The first-order chi connectivity index (χ1) is 14.7. The van der Waals surface area contributed by atoms with Crippen molar-refractivity contribution in [1.82, 2.24) is 20.4 Å². The summed E-state index contributed by atoms with van der Waals surface area (Å²) in [6.07, 6.45) is 3.89. The van der Waals surface area contributed by atoms with Crippen molar-refractivity contribution in [3.63, 3.8) is 0 Å². The fourth-order valence-corrected chi connectivity index (χ4v) is 3.50. The molecule has 9 heteroatoms. The van der Waals surface area contributed by atoms with Crippen LogP contribution in [0.3, 0.4) is 0 Å². The largest absolute Gasteiger partial charge is 0.385 e. The summed E-state index contributed by atoms with van der Waals surface area (Å²) in [6.45, 7) is 4.03. The second kappa shape index (κ2) is 11.9. The number of benzene rings is 1. The lowest BCUT2D eigenvalue weighted by molar-refractivity contribution is 0.00991. The van der Waals surface area contributed by atoms with Gasteiger partial charge in [0.2, 0.25) is 11.7 Å². The van der Waals surface area contributed by atoms with Crippen molar-refractivity contribution >= 4 is 17.6 Å². The van der Waals surface area contributed by atoms with E-state index in [-0.39, 0.29) is 0 Å². The SMILES string of the molecule is CN=C(NCCc1nc(-c2ccc(Cl)cc2)no1)N1CCC(OCCCOC)CC1. The molecule has 1 saturated heterocycles. The molecule has 1 N–H and O–H groups in total. The topological polar surface area (TPSA) is 85.0 Å². The summed E-state index contributed by atoms with van der Waals surface area (Å²) < 4.78 is 16.4. The van der Waals surface area contributed by atoms with Gasteiger partial charge in [0.05, 0.1) is 6.10 Å². The minimum atomic E-state index is 0.320. The fraction of sp³-hybridized carbons (Fsp3) is 0.571. The van der Waals surface area contributed by atoms with Crippen molar-refractivity contribution in [2.24, 2.45) is 4.99 Å². The summed E-state index contributed by atoms with van der Waals surface area (Å²) in [7, 11) is 3.52. The van der Waals surface area contributed by atoms with Gasteiger partial charge in [0.25, 0.3) is 0 Å². The van der Waals surface area contributed by atoms with Crippen LogP contribution in [0.15, 0.2) is 33.8 Å². The minimum absolute atomic E-state index is 0.320. The van der Waals surface area contributed by atoms with E-state index in [2.05, 4.69) is 25.3 Å². The Labute approximate surface area is 182 Å². The van der Waals surface area contributed by atoms with Gasteiger partial charge in [0.15, 0.2) is 5.96 Å². The Morgan fingerprint density at radius 1 is 1.27 bits per heavy atom. The van der Waals surface area contributed by atoms with Gasteiger partial charge in [-0.3, -0.25) is 4.99 Å². The summed E-state index contributed by atoms with van der Waals surface area (Å²) in [5.41, 5.74) is 0.880. The lowest BCUT2D eigenvalue weighted by atomic mass is 10.1. The van der Waals surface area contributed by atoms with E-state index in [1.807, 2.05) is 24.3 Å². The normalized spacial score (nSPS) is 15.6. The molecular weight excluding hydrogens is 406 g/mol. The van der Waals surface area contributed by atoms with Gasteiger partial charge < -0.3 is 24.2 Å². The molecule has 0 aliphatic carbocycles. The van der Waals surface area contributed by atoms with Crippen molar-refractivity contribution < 1.29 is 14.0 Å². The first kappa shape index (κ1) is 22.5. The fourth-order valence-electron chi connectivity index (χ4n) is 3.37. The molecule has 0 radical (unpaired) electrons. The average Bonchev–Trinajstić information content (AvgIpc) is 3.24. The molecule has 1 aromatic carbocycles. The molecule has 0 amide bonds. The van der Waals surface area contributed by atoms with E-state index in [0.29, 0.717) is 35.8 Å². The number of aromatic nitrogens is 2. The number of rotatable bonds is 9. The maximum atomic E-state index is 5.93. The molecule has 0 spiro atoms. The number of nitrogens with zero attached hydrogens (tertiary/aromatic N) is 4. The van der Waals surface area contributed by atoms with Gasteiger partial charge in [-0.05, 0) is 43.5 Å². The number of piperidine rings is 1. The Bertz CT molecular complexity index is 788. The van der Waals surface area contributed by atoms with E-state index in [4.69, 9.17) is 25.6 Å². The Kier molecular flexibility index (Phi) is 8.92. The van der Waals surface area contributed by atoms with Crippen LogP contribution in [0.1, 0.15) is 25.2 Å². The molecule has 1 aliphatic rings. The number of hydrogen-bond donors (Lipinski definition) is 1. The van der Waals surface area contributed by atoms with E-state index in [1.54, 1.807) is 14.2 Å². The standard InChI is InChI=1S/C21H30ClN5O3/c1-23-21(27-12-9-18(10-13-27)29-15-3-14-28-2)24-11-8-19-25-20(26-30-19)16-4-6-17(22)7-5-16/h4-7,18H,3,8-15H2,1-2H3,(H,23,24). The number of aliphatic imine (C=N–C) groups is 1. The first-order valence-corrected chi connectivity index (χ1v) is 10.7. The maximum absolute atomic E-state index is 5.93. The number of guanidine groups is 1. The molecule has 1 fully saturated rings. The van der Waals surface area contributed by atoms with E-state index >= 15 is 0 Å². The molecule has 2 aromatic rings. The Balaban J connectivity index is 1.39. The number of hydrogen-bond acceptors (Lipinski definition) is 6. The highest BCUT2D eigenvalue weighted by Gasteiger charge is 2.21. The van der Waals surface area contributed by atoms with E-state index in [1.165, 1.54) is 0 Å². The molecule has 2 heterocycles. The molecule has 0 saturated carbocycles. The van der Waals surface area contributed by atoms with Crippen LogP contribution >= 0.6 is 11.6 Å². The van der Waals surface area contributed by atoms with E-state index in [0.717, 1.165) is 57.1 Å². The highest BCUT2D eigenvalue weighted by molar-refractivity contribution is 6.30. The highest BCUT2D eigenvalue weighted by atomic mass is 35.5. The summed E-state index contributed by atoms with van der Waals surface area (Å²) in [4.78, 5) is 11.1. The predicted molar refractivity (Wildman–Crippen MR) is 117 cm³/mol. The number of ether oxygens (including phenoxy) is 2. The van der Waals surface area contributed by atoms with Crippen molar-refractivity contribution in [1.29, 1.82) is 0 Å². The monoisotopic (exact) mass is 435 g/mol. The van der Waals surface area contributed by atoms with Crippen LogP contribution in [0.5, 0.6) is 0 Å². The minimum Gasteiger partial charge on any atom is -0.385 e. The molecule has 0 bridgehead atoms. The molecule has 1 aromatic heterocycles. The third-order valence-electron chi connectivity index (χ3n) is 4.99. The summed E-state index contributed by atoms with van der Waals surface area (Å²) >= 11 is 5.92. The van der Waals surface area contributed by atoms with Crippen molar-refractivity contribution in [3.05, 3.63) is 35.2 Å². The van der Waals surface area contributed by atoms with Crippen LogP contribution in [0.25, 0.3) is 11.4 Å². The van der Waals surface area contributed by atoms with Crippen LogP contribution in [0.4, 0.5) is 0 Å². The Morgan fingerprint density at radius 2 is 2.03 bits per heavy atom. The zero-order valence-corrected chi connectivity index (χ0v) is 18.4. The van der Waals surface area contributed by atoms with Gasteiger partial charge in [-0.2, -0.15) is 4.98 Å². The third kappa shape index (κ3) is 6.68. The van der Waals surface area contributed by atoms with Gasteiger partial charge in [0, 0.05) is 64.0 Å². The van der Waals surface area contributed by atoms with Gasteiger partial charge in [-0.15, -0.1) is 0 Å². The lowest BCUT2D eigenvalue weighted by Gasteiger charge is -2.34. The number of likely N-dealkylation sites (tertiary alicyclic amines) is 1. The second-order valence-corrected chi connectivity index (χ2v) is 7.58. The van der Waals surface area contributed by atoms with E-state index in [9.17, 15) is 0 Å². The number of nitrogens with one attached hydrogen (secondary N) is 1. The Hall–Kier alpha value is -2.16. The van der Waals surface area contributed by atoms with Crippen molar-refractivity contribution in [3.8, 4) is 11.4 Å². The third-order valence-corrected chi connectivity index (χ3v) is 5.24. The summed E-state index contributed by atoms with van der Waals surface area (Å²) in [5, 5.41) is 8.12. The predicted octanol–water partition coefficient (Wildman–Crippen LogP) is 3.03. The lowest BCUT2D eigenvalue weighted by Crippen LogP contribution is -2.47. The second-order valence-electron chi connectivity index (χ2n) is 7.15. The molecule has 1 aliphatic heterocycles. The summed E-state index contributed by atoms with van der Waals surface area (Å²) in [5.74, 6) is 2.05. The first-order valence-electron chi connectivity index (χ1n) is 10.3. The van der Waals surface area contributed by atoms with Crippen molar-refractivity contribution in [2.75, 3.05) is 47.0 Å². The smallest absolute Gasteiger partial charge is 0.228 e. The zero-order valence-electron chi connectivity index (χ0n) is 17.6. The summed E-state index contributed by atoms with van der Waals surface area (Å²) in [6, 6.07) is 7.38. The van der Waals surface area contributed by atoms with Crippen LogP contribution in [0.2, 0.25) is 5.02 Å². The van der Waals surface area contributed by atoms with Gasteiger partial charge in [0.1, 0.15) is 0 Å². The van der Waals surface area contributed by atoms with Gasteiger partial charge in [-0.25, -0.2) is 0 Å². The average molecular weight is 436 g/mol. The molecular formula is C21H30ClN5O3. The molecule has 0 atom stereocenters. The van der Waals surface area contributed by atoms with Crippen LogP contribution in [-0.4, -0.2) is 74.1 Å². The van der Waals surface area contributed by atoms with Crippen LogP contribution < -0.4 is 5.32 Å². The Morgan fingerprint density at radius 3 is 2.73 bits per heavy atom. The number of halogens is 1. The zero-order chi connectivity index (χ0) is 21.2. The van der Waals surface area contributed by atoms with E-state index < -0.39 is 0 Å². The molecule has 30 heavy (non-hydrogen) atoms. The van der Waals surface area contributed by atoms with Crippen LogP contribution in [0, 0.1) is 0 Å². The molecule has 3 rings (SSSR count). The number of methoxy groups -OCH3 is 1. The molecule has 8 nitrogen and oxygen atoms in total. The van der Waals surface area contributed by atoms with Gasteiger partial charge >= 0.3 is 0 Å². The van der Waals surface area contributed by atoms with Crippen molar-refractivity contribution in [2.45, 2.75) is 31.8 Å². The molecule has 164 valence electrons. The highest BCUT2D eigenvalue weighted by Crippen LogP contribution is 2.19.